The minimum atomic E-state index is -1.69. The van der Waals surface area contributed by atoms with Crippen LogP contribution < -0.4 is 0 Å². The van der Waals surface area contributed by atoms with Crippen LogP contribution in [0.4, 0.5) is 0 Å². The molecular formula is C24H46O11. The second-order valence-electron chi connectivity index (χ2n) is 9.56. The molecule has 0 aromatic rings. The summed E-state index contributed by atoms with van der Waals surface area (Å²) in [4.78, 5) is 0. The summed E-state index contributed by atoms with van der Waals surface area (Å²) in [7, 11) is 0. The van der Waals surface area contributed by atoms with Crippen LogP contribution in [0, 0.1) is 0 Å². The maximum atomic E-state index is 10.6. The van der Waals surface area contributed by atoms with E-state index in [9.17, 15) is 35.7 Å². The van der Waals surface area contributed by atoms with Crippen LogP contribution in [-0.2, 0) is 18.9 Å². The Morgan fingerprint density at radius 1 is 0.571 bits per heavy atom. The number of rotatable bonds is 16. The van der Waals surface area contributed by atoms with Gasteiger partial charge in [-0.05, 0) is 6.42 Å². The van der Waals surface area contributed by atoms with E-state index in [1.807, 2.05) is 0 Å². The van der Waals surface area contributed by atoms with E-state index in [0.29, 0.717) is 6.61 Å². The van der Waals surface area contributed by atoms with Crippen molar-refractivity contribution in [2.24, 2.45) is 0 Å². The molecule has 0 saturated carbocycles. The van der Waals surface area contributed by atoms with E-state index in [2.05, 4.69) is 6.92 Å². The third kappa shape index (κ3) is 9.11. The highest BCUT2D eigenvalue weighted by Gasteiger charge is 2.50. The zero-order valence-corrected chi connectivity index (χ0v) is 20.7. The molecule has 208 valence electrons. The Kier molecular flexibility index (Phi) is 14.4. The van der Waals surface area contributed by atoms with E-state index in [0.717, 1.165) is 19.3 Å². The topological polar surface area (TPSA) is 179 Å². The van der Waals surface area contributed by atoms with Gasteiger partial charge in [-0.1, -0.05) is 64.7 Å². The molecule has 0 radical (unpaired) electrons. The van der Waals surface area contributed by atoms with Crippen LogP contribution in [0.5, 0.6) is 0 Å². The molecular weight excluding hydrogens is 464 g/mol. The number of unbranched alkanes of at least 4 members (excludes halogenated alkanes) is 9. The molecule has 0 aliphatic carbocycles. The molecule has 35 heavy (non-hydrogen) atoms. The van der Waals surface area contributed by atoms with Crippen molar-refractivity contribution in [1.82, 2.24) is 0 Å². The zero-order chi connectivity index (χ0) is 25.8. The van der Waals surface area contributed by atoms with Crippen LogP contribution in [0.3, 0.4) is 0 Å². The van der Waals surface area contributed by atoms with Gasteiger partial charge in [0.2, 0.25) is 0 Å². The molecule has 11 heteroatoms. The van der Waals surface area contributed by atoms with Crippen molar-refractivity contribution in [3.8, 4) is 0 Å². The molecule has 2 fully saturated rings. The third-order valence-corrected chi connectivity index (χ3v) is 6.74. The number of hydrogen-bond acceptors (Lipinski definition) is 11. The van der Waals surface area contributed by atoms with Crippen LogP contribution >= 0.6 is 0 Å². The second-order valence-corrected chi connectivity index (χ2v) is 9.56. The summed E-state index contributed by atoms with van der Waals surface area (Å²) >= 11 is 0. The molecule has 0 bridgehead atoms. The lowest BCUT2D eigenvalue weighted by Gasteiger charge is -2.45. The van der Waals surface area contributed by atoms with Crippen molar-refractivity contribution < 1.29 is 54.7 Å². The first-order valence-corrected chi connectivity index (χ1v) is 13.1. The lowest BCUT2D eigenvalue weighted by Crippen LogP contribution is -2.64. The molecule has 0 spiro atoms. The van der Waals surface area contributed by atoms with E-state index in [4.69, 9.17) is 18.9 Å². The first-order chi connectivity index (χ1) is 16.8. The van der Waals surface area contributed by atoms with Crippen LogP contribution in [0.2, 0.25) is 0 Å². The average Bonchev–Trinajstić information content (AvgIpc) is 2.86. The first-order valence-electron chi connectivity index (χ1n) is 13.1. The number of hydrogen-bond donors (Lipinski definition) is 7. The van der Waals surface area contributed by atoms with Crippen molar-refractivity contribution in [2.75, 3.05) is 19.8 Å². The summed E-state index contributed by atoms with van der Waals surface area (Å²) in [6.45, 7) is 1.31. The molecule has 2 saturated heterocycles. The van der Waals surface area contributed by atoms with Gasteiger partial charge in [-0.15, -0.1) is 0 Å². The lowest BCUT2D eigenvalue weighted by molar-refractivity contribution is -0.359. The number of ether oxygens (including phenoxy) is 4. The second kappa shape index (κ2) is 16.4. The molecule has 7 N–H and O–H groups in total. The molecule has 2 aliphatic rings. The van der Waals surface area contributed by atoms with Crippen molar-refractivity contribution in [1.29, 1.82) is 0 Å². The van der Waals surface area contributed by atoms with Gasteiger partial charge in [0.25, 0.3) is 0 Å². The minimum Gasteiger partial charge on any atom is -0.394 e. The van der Waals surface area contributed by atoms with Crippen LogP contribution in [0.15, 0.2) is 0 Å². The fraction of sp³-hybridized carbons (Fsp3) is 1.00. The minimum absolute atomic E-state index is 0.321. The molecule has 2 rings (SSSR count). The quantitative estimate of drug-likeness (QED) is 0.134. The third-order valence-electron chi connectivity index (χ3n) is 6.74. The van der Waals surface area contributed by atoms with Gasteiger partial charge in [0.15, 0.2) is 12.6 Å². The van der Waals surface area contributed by atoms with Gasteiger partial charge in [0.1, 0.15) is 48.8 Å². The van der Waals surface area contributed by atoms with Gasteiger partial charge >= 0.3 is 0 Å². The Morgan fingerprint density at radius 3 is 1.66 bits per heavy atom. The predicted octanol–water partition coefficient (Wildman–Crippen LogP) is -0.452. The Balaban J connectivity index is 1.74. The van der Waals surface area contributed by atoms with E-state index in [1.165, 1.54) is 44.9 Å². The molecule has 0 amide bonds. The Bertz CT molecular complexity index is 550. The van der Waals surface area contributed by atoms with Gasteiger partial charge in [0, 0.05) is 6.61 Å². The number of aliphatic hydroxyl groups is 7. The fourth-order valence-electron chi connectivity index (χ4n) is 4.48. The van der Waals surface area contributed by atoms with Crippen molar-refractivity contribution in [3.63, 3.8) is 0 Å². The van der Waals surface area contributed by atoms with E-state index in [1.54, 1.807) is 0 Å². The van der Waals surface area contributed by atoms with Gasteiger partial charge in [-0.3, -0.25) is 0 Å². The summed E-state index contributed by atoms with van der Waals surface area (Å²) < 4.78 is 22.0. The predicted molar refractivity (Wildman–Crippen MR) is 124 cm³/mol. The highest BCUT2D eigenvalue weighted by atomic mass is 16.7. The van der Waals surface area contributed by atoms with Gasteiger partial charge in [0.05, 0.1) is 13.2 Å². The lowest BCUT2D eigenvalue weighted by atomic mass is 9.97. The Labute approximate surface area is 207 Å². The SMILES string of the molecule is CCCCCCCCCCCCOC1O[C@H](CO)[C@@H](OC2O[C@H](CO)[C@H](O)[C@H](O)[C@H]2O)[C@H](O)[C@H]1O. The first kappa shape index (κ1) is 30.8. The fourth-order valence-corrected chi connectivity index (χ4v) is 4.48. The molecule has 0 aromatic carbocycles. The maximum Gasteiger partial charge on any atom is 0.187 e. The smallest absolute Gasteiger partial charge is 0.187 e. The highest BCUT2D eigenvalue weighted by molar-refractivity contribution is 4.94. The summed E-state index contributed by atoms with van der Waals surface area (Å²) in [5.74, 6) is 0. The number of aliphatic hydroxyl groups excluding tert-OH is 7. The molecule has 11 nitrogen and oxygen atoms in total. The Hall–Kier alpha value is -0.440. The van der Waals surface area contributed by atoms with E-state index >= 15 is 0 Å². The van der Waals surface area contributed by atoms with E-state index < -0.39 is 74.6 Å². The summed E-state index contributed by atoms with van der Waals surface area (Å²) in [6.07, 6.45) is -2.63. The highest BCUT2D eigenvalue weighted by Crippen LogP contribution is 2.29. The van der Waals surface area contributed by atoms with Gasteiger partial charge in [-0.2, -0.15) is 0 Å². The standard InChI is InChI=1S/C24H46O11/c1-2-3-4-5-6-7-8-9-10-11-12-32-23-21(31)19(29)22(16(14-26)34-23)35-24-20(30)18(28)17(27)15(13-25)33-24/h15-31H,2-14H2,1H3/t15-,16-,17+,18+,19-,20-,21-,22-,23?,24?/m1/s1. The van der Waals surface area contributed by atoms with Crippen LogP contribution in [0.25, 0.3) is 0 Å². The molecule has 0 aromatic heterocycles. The van der Waals surface area contributed by atoms with E-state index in [-0.39, 0.29) is 0 Å². The summed E-state index contributed by atoms with van der Waals surface area (Å²) in [5.41, 5.74) is 0. The maximum absolute atomic E-state index is 10.6. The monoisotopic (exact) mass is 510 g/mol. The molecule has 2 unspecified atom stereocenters. The molecule has 10 atom stereocenters. The van der Waals surface area contributed by atoms with Gasteiger partial charge in [-0.25, -0.2) is 0 Å². The largest absolute Gasteiger partial charge is 0.394 e. The zero-order valence-electron chi connectivity index (χ0n) is 20.7. The van der Waals surface area contributed by atoms with Gasteiger partial charge < -0.3 is 54.7 Å². The summed E-state index contributed by atoms with van der Waals surface area (Å²) in [5, 5.41) is 70.1. The Morgan fingerprint density at radius 2 is 1.09 bits per heavy atom. The molecule has 2 heterocycles. The van der Waals surface area contributed by atoms with Crippen LogP contribution in [-0.4, -0.2) is 117 Å². The van der Waals surface area contributed by atoms with Crippen LogP contribution in [0.1, 0.15) is 71.1 Å². The molecule has 2 aliphatic heterocycles. The van der Waals surface area contributed by atoms with Crippen molar-refractivity contribution in [3.05, 3.63) is 0 Å². The van der Waals surface area contributed by atoms with Crippen molar-refractivity contribution >= 4 is 0 Å². The average molecular weight is 511 g/mol. The normalized spacial score (nSPS) is 38.1. The summed E-state index contributed by atoms with van der Waals surface area (Å²) in [6, 6.07) is 0. The van der Waals surface area contributed by atoms with Crippen molar-refractivity contribution in [2.45, 2.75) is 133 Å².